The zero-order chi connectivity index (χ0) is 15.1. The predicted molar refractivity (Wildman–Crippen MR) is 87.1 cm³/mol. The first-order chi connectivity index (χ1) is 10.2. The van der Waals surface area contributed by atoms with Crippen LogP contribution in [0.25, 0.3) is 10.8 Å². The summed E-state index contributed by atoms with van der Waals surface area (Å²) in [5.74, 6) is 0. The molecule has 114 valence electrons. The molecule has 0 saturated carbocycles. The molecule has 2 aromatic rings. The smallest absolute Gasteiger partial charge is 0.272 e. The van der Waals surface area contributed by atoms with Gasteiger partial charge in [-0.1, -0.05) is 45.1 Å². The Balaban J connectivity index is 1.98. The molecule has 5 heteroatoms. The fraction of sp³-hybridized carbons (Fsp3) is 0.500. The molecule has 0 aliphatic carbocycles. The highest BCUT2D eigenvalue weighted by Crippen LogP contribution is 2.16. The lowest BCUT2D eigenvalue weighted by atomic mass is 10.1. The molecule has 5 nitrogen and oxygen atoms in total. The molecule has 1 heterocycles. The van der Waals surface area contributed by atoms with Gasteiger partial charge in [-0.3, -0.25) is 19.8 Å². The van der Waals surface area contributed by atoms with Crippen LogP contribution in [0.5, 0.6) is 0 Å². The number of nitrogens with one attached hydrogen (secondary N) is 3. The summed E-state index contributed by atoms with van der Waals surface area (Å²) in [6.07, 6.45) is 7.36. The van der Waals surface area contributed by atoms with Crippen LogP contribution in [0.15, 0.2) is 27.8 Å². The molecule has 0 saturated heterocycles. The number of unbranched alkanes of at least 4 members (excludes halogenated alkanes) is 5. The van der Waals surface area contributed by atoms with E-state index in [1.54, 1.807) is 12.1 Å². The van der Waals surface area contributed by atoms with Crippen molar-refractivity contribution in [3.8, 4) is 0 Å². The topological polar surface area (TPSA) is 77.8 Å². The third-order valence-electron chi connectivity index (χ3n) is 3.67. The molecule has 0 bridgehead atoms. The first-order valence-electron chi connectivity index (χ1n) is 7.71. The summed E-state index contributed by atoms with van der Waals surface area (Å²) in [6.45, 7) is 3.03. The normalized spacial score (nSPS) is 10.9. The summed E-state index contributed by atoms with van der Waals surface area (Å²) in [5.41, 5.74) is 0.192. The number of fused-ring (bicyclic) bond motifs is 1. The Morgan fingerprint density at radius 1 is 0.952 bits per heavy atom. The van der Waals surface area contributed by atoms with E-state index in [-0.39, 0.29) is 11.1 Å². The zero-order valence-electron chi connectivity index (χ0n) is 12.5. The maximum Gasteiger partial charge on any atom is 0.272 e. The quantitative estimate of drug-likeness (QED) is 0.654. The van der Waals surface area contributed by atoms with Crippen LogP contribution in [0.2, 0.25) is 0 Å². The van der Waals surface area contributed by atoms with Crippen molar-refractivity contribution in [2.24, 2.45) is 0 Å². The van der Waals surface area contributed by atoms with E-state index in [1.807, 2.05) is 6.07 Å². The molecule has 2 rings (SSSR count). The molecule has 0 spiro atoms. The Morgan fingerprint density at radius 3 is 2.48 bits per heavy atom. The van der Waals surface area contributed by atoms with Gasteiger partial charge in [0.15, 0.2) is 0 Å². The molecular weight excluding hydrogens is 266 g/mol. The second kappa shape index (κ2) is 7.67. The van der Waals surface area contributed by atoms with E-state index in [2.05, 4.69) is 22.4 Å². The van der Waals surface area contributed by atoms with Crippen LogP contribution in [0.1, 0.15) is 45.4 Å². The highest BCUT2D eigenvalue weighted by Gasteiger charge is 2.07. The van der Waals surface area contributed by atoms with Crippen LogP contribution in [0.4, 0.5) is 5.69 Å². The van der Waals surface area contributed by atoms with Crippen LogP contribution in [-0.2, 0) is 0 Å². The van der Waals surface area contributed by atoms with Crippen molar-refractivity contribution in [2.75, 3.05) is 11.9 Å². The molecule has 0 atom stereocenters. The van der Waals surface area contributed by atoms with Crippen LogP contribution in [0, 0.1) is 0 Å². The molecule has 0 unspecified atom stereocenters. The van der Waals surface area contributed by atoms with Crippen molar-refractivity contribution in [1.29, 1.82) is 0 Å². The summed E-state index contributed by atoms with van der Waals surface area (Å²) >= 11 is 0. The fourth-order valence-electron chi connectivity index (χ4n) is 2.51. The van der Waals surface area contributed by atoms with Gasteiger partial charge in [-0.2, -0.15) is 0 Å². The molecule has 0 fully saturated rings. The van der Waals surface area contributed by atoms with Crippen molar-refractivity contribution in [2.45, 2.75) is 45.4 Å². The Labute approximate surface area is 123 Å². The highest BCUT2D eigenvalue weighted by molar-refractivity contribution is 5.92. The van der Waals surface area contributed by atoms with E-state index in [9.17, 15) is 9.59 Å². The number of benzene rings is 1. The summed E-state index contributed by atoms with van der Waals surface area (Å²) in [6, 6.07) is 5.30. The fourth-order valence-corrected chi connectivity index (χ4v) is 2.51. The first kappa shape index (κ1) is 15.4. The predicted octanol–water partition coefficient (Wildman–Crippen LogP) is 2.99. The van der Waals surface area contributed by atoms with Gasteiger partial charge in [0.1, 0.15) is 0 Å². The Morgan fingerprint density at radius 2 is 1.67 bits per heavy atom. The largest absolute Gasteiger partial charge is 0.384 e. The van der Waals surface area contributed by atoms with E-state index in [0.717, 1.165) is 18.7 Å². The van der Waals surface area contributed by atoms with E-state index in [0.29, 0.717) is 10.8 Å². The number of hydrogen-bond acceptors (Lipinski definition) is 3. The summed E-state index contributed by atoms with van der Waals surface area (Å²) in [7, 11) is 0. The number of aromatic nitrogens is 2. The molecular formula is C16H23N3O2. The number of rotatable bonds is 8. The van der Waals surface area contributed by atoms with Gasteiger partial charge in [0.05, 0.1) is 10.8 Å². The Hall–Kier alpha value is -2.04. The minimum absolute atomic E-state index is 0.268. The van der Waals surface area contributed by atoms with Gasteiger partial charge in [0.25, 0.3) is 11.1 Å². The maximum absolute atomic E-state index is 11.9. The Bertz CT molecular complexity index is 688. The van der Waals surface area contributed by atoms with Gasteiger partial charge in [0, 0.05) is 12.2 Å². The Kier molecular flexibility index (Phi) is 5.60. The van der Waals surface area contributed by atoms with Crippen molar-refractivity contribution in [1.82, 2.24) is 10.2 Å². The van der Waals surface area contributed by atoms with E-state index in [1.165, 1.54) is 32.1 Å². The third kappa shape index (κ3) is 3.97. The second-order valence-corrected chi connectivity index (χ2v) is 5.33. The van der Waals surface area contributed by atoms with Gasteiger partial charge in [0.2, 0.25) is 0 Å². The summed E-state index contributed by atoms with van der Waals surface area (Å²) in [4.78, 5) is 23.6. The maximum atomic E-state index is 11.9. The number of H-pyrrole nitrogens is 2. The number of aromatic amines is 2. The molecule has 0 aliphatic rings. The van der Waals surface area contributed by atoms with Crippen molar-refractivity contribution < 1.29 is 0 Å². The minimum atomic E-state index is -0.271. The molecule has 0 radical (unpaired) electrons. The standard InChI is InChI=1S/C16H23N3O2/c1-2-3-4-5-6-7-11-17-13-10-8-9-12-14(13)16(21)19-18-15(12)20/h8-10,17H,2-7,11H2,1H3,(H,18,20)(H,19,21). The van der Waals surface area contributed by atoms with Crippen LogP contribution >= 0.6 is 0 Å². The summed E-state index contributed by atoms with van der Waals surface area (Å²) < 4.78 is 0. The van der Waals surface area contributed by atoms with Gasteiger partial charge in [-0.15, -0.1) is 0 Å². The lowest BCUT2D eigenvalue weighted by Gasteiger charge is -2.08. The zero-order valence-corrected chi connectivity index (χ0v) is 12.5. The van der Waals surface area contributed by atoms with Crippen LogP contribution in [-0.4, -0.2) is 16.7 Å². The minimum Gasteiger partial charge on any atom is -0.384 e. The van der Waals surface area contributed by atoms with Crippen molar-refractivity contribution in [3.05, 3.63) is 38.9 Å². The van der Waals surface area contributed by atoms with Crippen molar-refractivity contribution in [3.63, 3.8) is 0 Å². The first-order valence-corrected chi connectivity index (χ1v) is 7.71. The number of anilines is 1. The molecule has 3 N–H and O–H groups in total. The van der Waals surface area contributed by atoms with Gasteiger partial charge >= 0.3 is 0 Å². The lowest BCUT2D eigenvalue weighted by molar-refractivity contribution is 0.617. The lowest BCUT2D eigenvalue weighted by Crippen LogP contribution is -2.20. The van der Waals surface area contributed by atoms with E-state index < -0.39 is 0 Å². The van der Waals surface area contributed by atoms with Gasteiger partial charge in [-0.25, -0.2) is 0 Å². The van der Waals surface area contributed by atoms with Gasteiger partial charge in [-0.05, 0) is 18.6 Å². The van der Waals surface area contributed by atoms with E-state index in [4.69, 9.17) is 0 Å². The molecule has 0 amide bonds. The number of hydrogen-bond donors (Lipinski definition) is 3. The average Bonchev–Trinajstić information content (AvgIpc) is 2.50. The third-order valence-corrected chi connectivity index (χ3v) is 3.67. The van der Waals surface area contributed by atoms with Crippen LogP contribution < -0.4 is 16.4 Å². The van der Waals surface area contributed by atoms with Crippen LogP contribution in [0.3, 0.4) is 0 Å². The molecule has 1 aromatic heterocycles. The molecule has 0 aliphatic heterocycles. The monoisotopic (exact) mass is 289 g/mol. The van der Waals surface area contributed by atoms with Crippen molar-refractivity contribution >= 4 is 16.5 Å². The SMILES string of the molecule is CCCCCCCCNc1cccc2c(=O)[nH][nH]c(=O)c12. The van der Waals surface area contributed by atoms with E-state index >= 15 is 0 Å². The molecule has 1 aromatic carbocycles. The summed E-state index contributed by atoms with van der Waals surface area (Å²) in [5, 5.41) is 8.85. The second-order valence-electron chi connectivity index (χ2n) is 5.33. The van der Waals surface area contributed by atoms with Gasteiger partial charge < -0.3 is 5.32 Å². The highest BCUT2D eigenvalue weighted by atomic mass is 16.1. The average molecular weight is 289 g/mol. The molecule has 21 heavy (non-hydrogen) atoms.